The van der Waals surface area contributed by atoms with E-state index in [1.165, 1.54) is 24.0 Å². The number of carboxylic acid groups (broad SMARTS) is 1. The smallest absolute Gasteiger partial charge is 0.326 e. The lowest BCUT2D eigenvalue weighted by Crippen LogP contribution is -2.60. The molecule has 10 atom stereocenters. The standard InChI is InChI=1S/C55H90N6O11S/c1-15-28-55(9,10)73-42-33-45(64)61(52(42)67)29-22-18-21-27-43(62)58(11)47(35(5)6)51(66)57-46(34(3)4)53(68)59(12)48(36(7)16-2)41(71-13)32-44(63)60-30-23-26-40(60)49(72-14)37(8)50(65)56-39(54(69)70)31-38-24-19-17-20-25-38/h17,19-20,24-25,34-37,39-42,46-49H,15-16,18,21-23,26-33H2,1-14H3,(H,56,65)(H,57,66)(H,69,70)/t36-,37+,39-,40-,41+,42?,46-,47-,48-,49+/m0/s1. The van der Waals surface area contributed by atoms with E-state index in [2.05, 4.69) is 31.4 Å². The van der Waals surface area contributed by atoms with Gasteiger partial charge < -0.3 is 39.9 Å². The maximum absolute atomic E-state index is 14.7. The van der Waals surface area contributed by atoms with Gasteiger partial charge in [0.25, 0.3) is 0 Å². The number of carbonyl (C=O) groups excluding carboxylic acids is 7. The number of thioether (sulfide) groups is 1. The van der Waals surface area contributed by atoms with Crippen molar-refractivity contribution < 1.29 is 52.9 Å². The van der Waals surface area contributed by atoms with E-state index in [-0.39, 0.29) is 83.0 Å². The van der Waals surface area contributed by atoms with Gasteiger partial charge >= 0.3 is 5.97 Å². The first kappa shape index (κ1) is 62.7. The van der Waals surface area contributed by atoms with Gasteiger partial charge in [-0.25, -0.2) is 4.79 Å². The van der Waals surface area contributed by atoms with E-state index in [9.17, 15) is 43.5 Å². The van der Waals surface area contributed by atoms with Gasteiger partial charge in [0.15, 0.2) is 0 Å². The molecule has 3 N–H and O–H groups in total. The van der Waals surface area contributed by atoms with E-state index in [0.717, 1.165) is 18.4 Å². The molecule has 18 heteroatoms. The molecule has 1 aromatic carbocycles. The van der Waals surface area contributed by atoms with Crippen LogP contribution in [-0.4, -0.2) is 166 Å². The highest BCUT2D eigenvalue weighted by atomic mass is 32.2. The predicted octanol–water partition coefficient (Wildman–Crippen LogP) is 6.34. The van der Waals surface area contributed by atoms with Gasteiger partial charge in [-0.2, -0.15) is 0 Å². The van der Waals surface area contributed by atoms with Crippen molar-refractivity contribution in [2.75, 3.05) is 41.4 Å². The highest BCUT2D eigenvalue weighted by Crippen LogP contribution is 2.38. The molecule has 2 fully saturated rings. The molecule has 2 aliphatic heterocycles. The summed E-state index contributed by atoms with van der Waals surface area (Å²) in [6, 6.07) is 4.97. The molecule has 412 valence electrons. The van der Waals surface area contributed by atoms with Gasteiger partial charge in [0.2, 0.25) is 41.4 Å². The molecule has 3 rings (SSSR count). The molecular weight excluding hydrogens is 953 g/mol. The van der Waals surface area contributed by atoms with Crippen LogP contribution in [0.3, 0.4) is 0 Å². The van der Waals surface area contributed by atoms with Gasteiger partial charge in [-0.3, -0.25) is 38.5 Å². The van der Waals surface area contributed by atoms with Crippen molar-refractivity contribution in [3.8, 4) is 0 Å². The second kappa shape index (κ2) is 29.5. The van der Waals surface area contributed by atoms with Gasteiger partial charge in [0.1, 0.15) is 18.1 Å². The second-order valence-corrected chi connectivity index (χ2v) is 23.5. The summed E-state index contributed by atoms with van der Waals surface area (Å²) in [6.07, 6.45) is 4.44. The van der Waals surface area contributed by atoms with Crippen LogP contribution in [0.2, 0.25) is 0 Å². The predicted molar refractivity (Wildman–Crippen MR) is 284 cm³/mol. The fourth-order valence-electron chi connectivity index (χ4n) is 10.6. The van der Waals surface area contributed by atoms with Crippen molar-refractivity contribution in [1.29, 1.82) is 0 Å². The fraction of sp³-hybridized carbons (Fsp3) is 0.745. The topological polar surface area (TPSA) is 212 Å². The molecule has 17 nitrogen and oxygen atoms in total. The molecule has 73 heavy (non-hydrogen) atoms. The maximum Gasteiger partial charge on any atom is 0.326 e. The van der Waals surface area contributed by atoms with Gasteiger partial charge in [0.05, 0.1) is 41.9 Å². The number of likely N-dealkylation sites (N-methyl/N-ethyl adjacent to an activating group) is 2. The largest absolute Gasteiger partial charge is 0.480 e. The van der Waals surface area contributed by atoms with E-state index < -0.39 is 66.1 Å². The minimum Gasteiger partial charge on any atom is -0.480 e. The normalized spacial score (nSPS) is 19.5. The van der Waals surface area contributed by atoms with Gasteiger partial charge in [-0.1, -0.05) is 119 Å². The molecule has 2 saturated heterocycles. The molecule has 2 aliphatic rings. The third kappa shape index (κ3) is 17.5. The molecule has 2 heterocycles. The molecular formula is C55H90N6O11S. The zero-order valence-corrected chi connectivity index (χ0v) is 47.3. The number of unbranched alkanes of at least 4 members (excludes halogenated alkanes) is 2. The molecule has 1 aromatic rings. The van der Waals surface area contributed by atoms with Crippen molar-refractivity contribution in [2.24, 2.45) is 23.7 Å². The number of rotatable bonds is 31. The van der Waals surface area contributed by atoms with Crippen LogP contribution in [-0.2, 0) is 54.3 Å². The van der Waals surface area contributed by atoms with Crippen LogP contribution in [0.15, 0.2) is 30.3 Å². The average molecular weight is 1040 g/mol. The number of imide groups is 1. The Bertz CT molecular complexity index is 2000. The number of aliphatic carboxylic acids is 1. The summed E-state index contributed by atoms with van der Waals surface area (Å²) in [7, 11) is 6.25. The quantitative estimate of drug-likeness (QED) is 0.0549. The number of likely N-dealkylation sites (tertiary alicyclic amines) is 2. The second-order valence-electron chi connectivity index (χ2n) is 21.6. The SMILES string of the molecule is CCCC(C)(C)SC1CC(=O)N(CCCCCC(=O)N(C)[C@H](C(=O)N[C@H](C(=O)N(C)[C@@H]([C@@H](C)CC)[C@@H](CC(=O)N2CCC[C@H]2[C@H](OC)[C@@H](C)C(=O)N[C@@H](Cc2ccccc2)C(=O)O)OC)C(C)C)C(C)C)C1=O. The van der Waals surface area contributed by atoms with E-state index in [4.69, 9.17) is 9.47 Å². The number of carboxylic acids is 1. The molecule has 7 amide bonds. The Morgan fingerprint density at radius 3 is 2.10 bits per heavy atom. The fourth-order valence-corrected chi connectivity index (χ4v) is 12.2. The highest BCUT2D eigenvalue weighted by molar-refractivity contribution is 8.02. The molecule has 0 aliphatic carbocycles. The Balaban J connectivity index is 1.67. The van der Waals surface area contributed by atoms with Crippen molar-refractivity contribution in [3.63, 3.8) is 0 Å². The van der Waals surface area contributed by atoms with Crippen molar-refractivity contribution in [2.45, 2.75) is 199 Å². The van der Waals surface area contributed by atoms with E-state index in [0.29, 0.717) is 51.6 Å². The Labute approximate surface area is 440 Å². The van der Waals surface area contributed by atoms with Crippen LogP contribution in [0.25, 0.3) is 0 Å². The highest BCUT2D eigenvalue weighted by Gasteiger charge is 2.45. The summed E-state index contributed by atoms with van der Waals surface area (Å²) in [6.45, 7) is 20.1. The monoisotopic (exact) mass is 1040 g/mol. The summed E-state index contributed by atoms with van der Waals surface area (Å²) in [5.74, 6) is -4.83. The number of amides is 7. The zero-order chi connectivity index (χ0) is 54.9. The molecule has 0 radical (unpaired) electrons. The lowest BCUT2D eigenvalue weighted by Gasteiger charge is -2.41. The minimum atomic E-state index is -1.16. The Morgan fingerprint density at radius 1 is 0.877 bits per heavy atom. The number of nitrogens with zero attached hydrogens (tertiary/aromatic N) is 4. The molecule has 0 aromatic heterocycles. The summed E-state index contributed by atoms with van der Waals surface area (Å²) in [5.41, 5.74) is 0.763. The molecule has 0 saturated carbocycles. The van der Waals surface area contributed by atoms with Crippen LogP contribution in [0.5, 0.6) is 0 Å². The number of hydrogen-bond acceptors (Lipinski definition) is 11. The van der Waals surface area contributed by atoms with Crippen LogP contribution >= 0.6 is 11.8 Å². The van der Waals surface area contributed by atoms with Crippen LogP contribution in [0.1, 0.15) is 145 Å². The summed E-state index contributed by atoms with van der Waals surface area (Å²) >= 11 is 1.57. The first-order valence-electron chi connectivity index (χ1n) is 26.6. The number of nitrogens with one attached hydrogen (secondary N) is 2. The number of benzene rings is 1. The lowest BCUT2D eigenvalue weighted by atomic mass is 9.89. The molecule has 1 unspecified atom stereocenters. The first-order valence-corrected chi connectivity index (χ1v) is 27.5. The minimum absolute atomic E-state index is 0.0818. The maximum atomic E-state index is 14.7. The molecule has 0 bridgehead atoms. The van der Waals surface area contributed by atoms with Crippen molar-refractivity contribution >= 4 is 59.1 Å². The average Bonchev–Trinajstić information content (AvgIpc) is 3.92. The van der Waals surface area contributed by atoms with E-state index in [1.807, 2.05) is 47.6 Å². The van der Waals surface area contributed by atoms with Crippen LogP contribution < -0.4 is 10.6 Å². The Kier molecular flexibility index (Phi) is 25.4. The van der Waals surface area contributed by atoms with Crippen molar-refractivity contribution in [1.82, 2.24) is 30.2 Å². The summed E-state index contributed by atoms with van der Waals surface area (Å²) in [4.78, 5) is 115. The van der Waals surface area contributed by atoms with E-state index >= 15 is 0 Å². The van der Waals surface area contributed by atoms with Crippen LogP contribution in [0, 0.1) is 23.7 Å². The number of carbonyl (C=O) groups is 8. The zero-order valence-electron chi connectivity index (χ0n) is 46.4. The number of ether oxygens (including phenoxy) is 2. The van der Waals surface area contributed by atoms with Gasteiger partial charge in [0, 0.05) is 65.4 Å². The number of methoxy groups -OCH3 is 2. The van der Waals surface area contributed by atoms with Crippen LogP contribution in [0.4, 0.5) is 0 Å². The van der Waals surface area contributed by atoms with E-state index in [1.54, 1.807) is 66.8 Å². The third-order valence-corrected chi connectivity index (χ3v) is 16.4. The van der Waals surface area contributed by atoms with Gasteiger partial charge in [-0.15, -0.1) is 11.8 Å². The van der Waals surface area contributed by atoms with Crippen molar-refractivity contribution in [3.05, 3.63) is 35.9 Å². The summed E-state index contributed by atoms with van der Waals surface area (Å²) in [5, 5.41) is 15.3. The third-order valence-electron chi connectivity index (χ3n) is 14.9. The molecule has 0 spiro atoms. The lowest BCUT2D eigenvalue weighted by molar-refractivity contribution is -0.149. The Hall–Kier alpha value is -4.55. The Morgan fingerprint density at radius 2 is 1.53 bits per heavy atom. The summed E-state index contributed by atoms with van der Waals surface area (Å²) < 4.78 is 11.9. The number of hydrogen-bond donors (Lipinski definition) is 3. The van der Waals surface area contributed by atoms with Gasteiger partial charge in [-0.05, 0) is 55.4 Å². The first-order chi connectivity index (χ1) is 34.3.